The SMILES string of the molecule is CC1[C@H](OC(=N)C(Cl)(Cl)Cl)OC(COC(=O)c2ccccc2)[C@H](OC(=O)c2ccccc2)[C@@H]1OC(=O)c1ccccc1. The summed E-state index contributed by atoms with van der Waals surface area (Å²) in [7, 11) is 0. The van der Waals surface area contributed by atoms with Crippen LogP contribution in [0.15, 0.2) is 91.0 Å². The zero-order valence-electron chi connectivity index (χ0n) is 22.2. The molecule has 1 aliphatic heterocycles. The molecule has 220 valence electrons. The number of nitrogens with one attached hydrogen (secondary N) is 1. The van der Waals surface area contributed by atoms with Gasteiger partial charge >= 0.3 is 17.9 Å². The van der Waals surface area contributed by atoms with E-state index in [9.17, 15) is 14.4 Å². The van der Waals surface area contributed by atoms with Crippen LogP contribution in [0.5, 0.6) is 0 Å². The lowest BCUT2D eigenvalue weighted by molar-refractivity contribution is -0.260. The second kappa shape index (κ2) is 14.0. The third kappa shape index (κ3) is 8.01. The highest BCUT2D eigenvalue weighted by molar-refractivity contribution is 6.76. The van der Waals surface area contributed by atoms with Crippen LogP contribution < -0.4 is 0 Å². The molecule has 1 aliphatic rings. The maximum atomic E-state index is 13.2. The van der Waals surface area contributed by atoms with E-state index in [1.54, 1.807) is 97.9 Å². The van der Waals surface area contributed by atoms with E-state index in [2.05, 4.69) is 0 Å². The topological polar surface area (TPSA) is 121 Å². The first kappa shape index (κ1) is 31.3. The predicted octanol–water partition coefficient (Wildman–Crippen LogP) is 6.02. The third-order valence-corrected chi connectivity index (χ3v) is 6.85. The summed E-state index contributed by atoms with van der Waals surface area (Å²) in [4.78, 5) is 39.1. The molecule has 12 heteroatoms. The minimum Gasteiger partial charge on any atom is -0.459 e. The van der Waals surface area contributed by atoms with Gasteiger partial charge in [0.2, 0.25) is 12.2 Å². The Morgan fingerprint density at radius 3 is 1.60 bits per heavy atom. The van der Waals surface area contributed by atoms with Gasteiger partial charge in [0.1, 0.15) is 12.7 Å². The molecule has 1 fully saturated rings. The van der Waals surface area contributed by atoms with Gasteiger partial charge in [-0.25, -0.2) is 14.4 Å². The molecule has 0 saturated carbocycles. The van der Waals surface area contributed by atoms with Crippen LogP contribution >= 0.6 is 34.8 Å². The number of carbonyl (C=O) groups excluding carboxylic acids is 3. The molecule has 42 heavy (non-hydrogen) atoms. The number of carbonyl (C=O) groups is 3. The molecule has 5 atom stereocenters. The van der Waals surface area contributed by atoms with E-state index in [0.717, 1.165) is 0 Å². The van der Waals surface area contributed by atoms with E-state index in [1.165, 1.54) is 0 Å². The summed E-state index contributed by atoms with van der Waals surface area (Å²) in [6.45, 7) is 1.16. The molecule has 1 saturated heterocycles. The van der Waals surface area contributed by atoms with Gasteiger partial charge < -0.3 is 23.7 Å². The van der Waals surface area contributed by atoms with Crippen molar-refractivity contribution in [3.8, 4) is 0 Å². The first-order valence-electron chi connectivity index (χ1n) is 12.8. The standard InChI is InChI=1S/C30H26Cl3NO8/c1-18-23(40-26(36)20-13-7-3-8-14-20)24(41-27(37)21-15-9-4-10-16-21)22(39-28(18)42-29(34)30(31,32)33)17-38-25(35)19-11-5-2-6-12-19/h2-16,18,22-24,28,34H,17H2,1H3/t18?,22?,23-,24+,28+/m1/s1. The molecular formula is C30H26Cl3NO8. The number of benzene rings is 3. The fourth-order valence-corrected chi connectivity index (χ4v) is 4.29. The number of hydrogen-bond acceptors (Lipinski definition) is 9. The molecule has 3 aromatic rings. The smallest absolute Gasteiger partial charge is 0.338 e. The minimum absolute atomic E-state index is 0.231. The summed E-state index contributed by atoms with van der Waals surface area (Å²) in [5.74, 6) is -3.73. The lowest BCUT2D eigenvalue weighted by Crippen LogP contribution is -2.59. The molecule has 0 spiro atoms. The molecule has 2 unspecified atom stereocenters. The van der Waals surface area contributed by atoms with Crippen LogP contribution in [0.4, 0.5) is 0 Å². The summed E-state index contributed by atoms with van der Waals surface area (Å²) >= 11 is 17.5. The Morgan fingerprint density at radius 2 is 1.14 bits per heavy atom. The van der Waals surface area contributed by atoms with Gasteiger partial charge in [0.25, 0.3) is 3.79 Å². The Morgan fingerprint density at radius 1 is 0.714 bits per heavy atom. The average Bonchev–Trinajstić information content (AvgIpc) is 3.00. The normalized spacial score (nSPS) is 22.0. The first-order chi connectivity index (χ1) is 20.0. The average molecular weight is 635 g/mol. The quantitative estimate of drug-likeness (QED) is 0.105. The monoisotopic (exact) mass is 633 g/mol. The number of hydrogen-bond donors (Lipinski definition) is 1. The summed E-state index contributed by atoms with van der Waals surface area (Å²) in [5.41, 5.74) is 0.745. The lowest BCUT2D eigenvalue weighted by atomic mass is 9.91. The van der Waals surface area contributed by atoms with Crippen molar-refractivity contribution in [3.63, 3.8) is 0 Å². The molecule has 0 aromatic heterocycles. The highest BCUT2D eigenvalue weighted by Crippen LogP contribution is 2.35. The van der Waals surface area contributed by atoms with Crippen molar-refractivity contribution in [2.75, 3.05) is 6.61 Å². The van der Waals surface area contributed by atoms with Crippen molar-refractivity contribution in [2.24, 2.45) is 5.92 Å². The van der Waals surface area contributed by atoms with Crippen molar-refractivity contribution in [2.45, 2.75) is 35.3 Å². The summed E-state index contributed by atoms with van der Waals surface area (Å²) < 4.78 is 26.6. The number of halogens is 3. The van der Waals surface area contributed by atoms with Crippen LogP contribution in [0.25, 0.3) is 0 Å². The summed E-state index contributed by atoms with van der Waals surface area (Å²) in [5, 5.41) is 8.06. The Balaban J connectivity index is 1.67. The van der Waals surface area contributed by atoms with Crippen LogP contribution in [0.1, 0.15) is 38.0 Å². The van der Waals surface area contributed by atoms with E-state index in [4.69, 9.17) is 63.9 Å². The Labute approximate surface area is 257 Å². The van der Waals surface area contributed by atoms with Crippen LogP contribution in [0.2, 0.25) is 0 Å². The van der Waals surface area contributed by atoms with Gasteiger partial charge in [-0.05, 0) is 36.4 Å². The van der Waals surface area contributed by atoms with E-state index in [0.29, 0.717) is 0 Å². The zero-order chi connectivity index (χ0) is 30.3. The second-order valence-electron chi connectivity index (χ2n) is 9.28. The Kier molecular flexibility index (Phi) is 10.5. The van der Waals surface area contributed by atoms with Crippen molar-refractivity contribution >= 4 is 58.6 Å². The first-order valence-corrected chi connectivity index (χ1v) is 13.9. The van der Waals surface area contributed by atoms with E-state index in [1.807, 2.05) is 0 Å². The molecule has 0 bridgehead atoms. The van der Waals surface area contributed by atoms with E-state index in [-0.39, 0.29) is 16.7 Å². The Bertz CT molecular complexity index is 1390. The van der Waals surface area contributed by atoms with Gasteiger partial charge in [-0.2, -0.15) is 0 Å². The van der Waals surface area contributed by atoms with Crippen LogP contribution in [-0.4, -0.2) is 58.8 Å². The molecule has 1 N–H and O–H groups in total. The summed E-state index contributed by atoms with van der Waals surface area (Å²) in [6.07, 6.45) is -5.02. The number of esters is 3. The van der Waals surface area contributed by atoms with Crippen LogP contribution in [0.3, 0.4) is 0 Å². The van der Waals surface area contributed by atoms with E-state index < -0.39 is 64.7 Å². The van der Waals surface area contributed by atoms with Gasteiger partial charge in [0, 0.05) is 0 Å². The molecule has 0 aliphatic carbocycles. The van der Waals surface area contributed by atoms with Gasteiger partial charge in [-0.3, -0.25) is 5.41 Å². The maximum Gasteiger partial charge on any atom is 0.338 e. The number of ether oxygens (including phenoxy) is 5. The lowest BCUT2D eigenvalue weighted by Gasteiger charge is -2.44. The molecule has 0 amide bonds. The van der Waals surface area contributed by atoms with E-state index >= 15 is 0 Å². The number of alkyl halides is 3. The minimum atomic E-state index is -2.22. The Hall–Kier alpha value is -3.63. The summed E-state index contributed by atoms with van der Waals surface area (Å²) in [6, 6.07) is 24.6. The maximum absolute atomic E-state index is 13.2. The van der Waals surface area contributed by atoms with Gasteiger partial charge in [0.15, 0.2) is 12.2 Å². The predicted molar refractivity (Wildman–Crippen MR) is 155 cm³/mol. The van der Waals surface area contributed by atoms with Crippen molar-refractivity contribution in [1.82, 2.24) is 0 Å². The van der Waals surface area contributed by atoms with Crippen molar-refractivity contribution in [1.29, 1.82) is 5.41 Å². The largest absolute Gasteiger partial charge is 0.459 e. The molecule has 0 radical (unpaired) electrons. The molecule has 3 aromatic carbocycles. The highest BCUT2D eigenvalue weighted by atomic mass is 35.6. The number of rotatable bonds is 8. The van der Waals surface area contributed by atoms with Gasteiger partial charge in [0.05, 0.1) is 22.6 Å². The fraction of sp³-hybridized carbons (Fsp3) is 0.267. The molecule has 9 nitrogen and oxygen atoms in total. The molecule has 4 rings (SSSR count). The fourth-order valence-electron chi connectivity index (χ4n) is 4.16. The van der Waals surface area contributed by atoms with Crippen LogP contribution in [0, 0.1) is 11.3 Å². The zero-order valence-corrected chi connectivity index (χ0v) is 24.4. The molecular weight excluding hydrogens is 609 g/mol. The highest BCUT2D eigenvalue weighted by Gasteiger charge is 2.51. The van der Waals surface area contributed by atoms with Gasteiger partial charge in [-0.15, -0.1) is 0 Å². The molecule has 1 heterocycles. The second-order valence-corrected chi connectivity index (χ2v) is 11.6. The van der Waals surface area contributed by atoms with Crippen molar-refractivity contribution < 1.29 is 38.1 Å². The van der Waals surface area contributed by atoms with Gasteiger partial charge in [-0.1, -0.05) is 96.3 Å². The third-order valence-electron chi connectivity index (χ3n) is 6.33. The van der Waals surface area contributed by atoms with Crippen molar-refractivity contribution in [3.05, 3.63) is 108 Å². The van der Waals surface area contributed by atoms with Crippen LogP contribution in [-0.2, 0) is 23.7 Å².